The third-order valence-corrected chi connectivity index (χ3v) is 3.24. The molecule has 0 aliphatic rings. The highest BCUT2D eigenvalue weighted by molar-refractivity contribution is 4.84. The number of nitrogens with two attached hydrogens (primary N) is 1. The molecule has 0 aliphatic heterocycles. The summed E-state index contributed by atoms with van der Waals surface area (Å²) < 4.78 is 0. The van der Waals surface area contributed by atoms with Crippen LogP contribution in [0.25, 0.3) is 0 Å². The van der Waals surface area contributed by atoms with Crippen molar-refractivity contribution in [2.75, 3.05) is 7.05 Å². The molecule has 0 aromatic carbocycles. The summed E-state index contributed by atoms with van der Waals surface area (Å²) in [7, 11) is 2.11. The van der Waals surface area contributed by atoms with Gasteiger partial charge in [0.25, 0.3) is 0 Å². The lowest BCUT2D eigenvalue weighted by atomic mass is 9.88. The van der Waals surface area contributed by atoms with Crippen molar-refractivity contribution in [1.82, 2.24) is 4.90 Å². The molecule has 0 aromatic rings. The van der Waals surface area contributed by atoms with E-state index in [1.807, 2.05) is 0 Å². The molecule has 1 unspecified atom stereocenters. The topological polar surface area (TPSA) is 29.3 Å². The van der Waals surface area contributed by atoms with Gasteiger partial charge in [0.1, 0.15) is 0 Å². The largest absolute Gasteiger partial charge is 0.316 e. The summed E-state index contributed by atoms with van der Waals surface area (Å²) in [4.78, 5) is 2.26. The molecule has 0 fully saturated rings. The molecule has 0 rings (SSSR count). The molecule has 1 atom stereocenters. The standard InChI is InChI=1S/C10H24N2/c1-7-9(11)12(6)10(4,5)8(2)3/h8-9H,7,11H2,1-6H3. The number of hydrogen-bond acceptors (Lipinski definition) is 2. The van der Waals surface area contributed by atoms with E-state index >= 15 is 0 Å². The lowest BCUT2D eigenvalue weighted by molar-refractivity contribution is 0.0616. The Hall–Kier alpha value is -0.0800. The second kappa shape index (κ2) is 4.24. The smallest absolute Gasteiger partial charge is 0.0571 e. The van der Waals surface area contributed by atoms with Gasteiger partial charge in [-0.2, -0.15) is 0 Å². The summed E-state index contributed by atoms with van der Waals surface area (Å²) in [6.07, 6.45) is 1.19. The van der Waals surface area contributed by atoms with E-state index in [0.29, 0.717) is 5.92 Å². The van der Waals surface area contributed by atoms with Gasteiger partial charge in [-0.05, 0) is 33.2 Å². The Labute approximate surface area is 77.1 Å². The van der Waals surface area contributed by atoms with Crippen LogP contribution in [-0.2, 0) is 0 Å². The average molecular weight is 172 g/mol. The first-order chi connectivity index (χ1) is 5.34. The zero-order chi connectivity index (χ0) is 9.94. The van der Waals surface area contributed by atoms with E-state index in [4.69, 9.17) is 5.73 Å². The van der Waals surface area contributed by atoms with Crippen LogP contribution in [-0.4, -0.2) is 23.7 Å². The minimum Gasteiger partial charge on any atom is -0.316 e. The summed E-state index contributed by atoms with van der Waals surface area (Å²) in [6, 6.07) is 0. The van der Waals surface area contributed by atoms with Crippen LogP contribution in [0.1, 0.15) is 41.0 Å². The molecule has 0 saturated carbocycles. The van der Waals surface area contributed by atoms with E-state index in [9.17, 15) is 0 Å². The normalized spacial score (nSPS) is 15.8. The quantitative estimate of drug-likeness (QED) is 0.658. The first-order valence-electron chi connectivity index (χ1n) is 4.82. The average Bonchev–Trinajstić information content (AvgIpc) is 2.01. The van der Waals surface area contributed by atoms with Gasteiger partial charge in [0.05, 0.1) is 6.17 Å². The van der Waals surface area contributed by atoms with Crippen LogP contribution in [0.2, 0.25) is 0 Å². The van der Waals surface area contributed by atoms with E-state index < -0.39 is 0 Å². The Balaban J connectivity index is 4.34. The third kappa shape index (κ3) is 2.46. The van der Waals surface area contributed by atoms with Crippen molar-refractivity contribution in [3.63, 3.8) is 0 Å². The molecule has 2 N–H and O–H groups in total. The van der Waals surface area contributed by atoms with Gasteiger partial charge < -0.3 is 5.73 Å². The lowest BCUT2D eigenvalue weighted by Gasteiger charge is -2.42. The van der Waals surface area contributed by atoms with Crippen LogP contribution < -0.4 is 5.73 Å². The minimum atomic E-state index is 0.183. The summed E-state index contributed by atoms with van der Waals surface area (Å²) in [6.45, 7) is 11.1. The molecular formula is C10H24N2. The van der Waals surface area contributed by atoms with Crippen molar-refractivity contribution >= 4 is 0 Å². The number of rotatable bonds is 4. The van der Waals surface area contributed by atoms with E-state index in [0.717, 1.165) is 6.42 Å². The fourth-order valence-electron chi connectivity index (χ4n) is 1.11. The van der Waals surface area contributed by atoms with Crippen molar-refractivity contribution in [1.29, 1.82) is 0 Å². The highest BCUT2D eigenvalue weighted by Crippen LogP contribution is 2.23. The molecule has 0 spiro atoms. The molecule has 0 aromatic heterocycles. The molecule has 2 heteroatoms. The highest BCUT2D eigenvalue weighted by atomic mass is 15.2. The van der Waals surface area contributed by atoms with Crippen molar-refractivity contribution in [3.8, 4) is 0 Å². The number of hydrogen-bond donors (Lipinski definition) is 1. The van der Waals surface area contributed by atoms with Gasteiger partial charge in [-0.15, -0.1) is 0 Å². The minimum absolute atomic E-state index is 0.183. The van der Waals surface area contributed by atoms with Gasteiger partial charge in [-0.1, -0.05) is 20.8 Å². The monoisotopic (exact) mass is 172 g/mol. The Bertz CT molecular complexity index is 130. The molecule has 12 heavy (non-hydrogen) atoms. The second-order valence-corrected chi connectivity index (χ2v) is 4.39. The van der Waals surface area contributed by atoms with Crippen molar-refractivity contribution in [3.05, 3.63) is 0 Å². The zero-order valence-electron chi connectivity index (χ0n) is 9.39. The van der Waals surface area contributed by atoms with E-state index in [2.05, 4.69) is 46.6 Å². The highest BCUT2D eigenvalue weighted by Gasteiger charge is 2.29. The van der Waals surface area contributed by atoms with E-state index in [1.165, 1.54) is 0 Å². The number of nitrogens with zero attached hydrogens (tertiary/aromatic N) is 1. The van der Waals surface area contributed by atoms with Crippen LogP contribution in [0.3, 0.4) is 0 Å². The van der Waals surface area contributed by atoms with Crippen molar-refractivity contribution < 1.29 is 0 Å². The first-order valence-corrected chi connectivity index (χ1v) is 4.82. The maximum Gasteiger partial charge on any atom is 0.0571 e. The SMILES string of the molecule is CCC(N)N(C)C(C)(C)C(C)C. The van der Waals surface area contributed by atoms with E-state index in [1.54, 1.807) is 0 Å². The Morgan fingerprint density at radius 1 is 1.33 bits per heavy atom. The summed E-state index contributed by atoms with van der Waals surface area (Å²) in [5, 5.41) is 0. The van der Waals surface area contributed by atoms with Crippen molar-refractivity contribution in [2.24, 2.45) is 11.7 Å². The molecular weight excluding hydrogens is 148 g/mol. The molecule has 0 amide bonds. The first kappa shape index (κ1) is 11.9. The van der Waals surface area contributed by atoms with Gasteiger partial charge in [0.15, 0.2) is 0 Å². The van der Waals surface area contributed by atoms with Crippen molar-refractivity contribution in [2.45, 2.75) is 52.7 Å². The second-order valence-electron chi connectivity index (χ2n) is 4.39. The fourth-order valence-corrected chi connectivity index (χ4v) is 1.11. The molecule has 0 heterocycles. The van der Waals surface area contributed by atoms with Crippen LogP contribution >= 0.6 is 0 Å². The van der Waals surface area contributed by atoms with Crippen LogP contribution in [0.4, 0.5) is 0 Å². The van der Waals surface area contributed by atoms with Gasteiger partial charge in [-0.3, -0.25) is 4.90 Å². The van der Waals surface area contributed by atoms with Crippen LogP contribution in [0.5, 0.6) is 0 Å². The van der Waals surface area contributed by atoms with E-state index in [-0.39, 0.29) is 11.7 Å². The Morgan fingerprint density at radius 3 is 2.00 bits per heavy atom. The third-order valence-electron chi connectivity index (χ3n) is 3.24. The molecule has 0 aliphatic carbocycles. The van der Waals surface area contributed by atoms with Gasteiger partial charge in [0.2, 0.25) is 0 Å². The summed E-state index contributed by atoms with van der Waals surface area (Å²) in [5.41, 5.74) is 6.16. The fraction of sp³-hybridized carbons (Fsp3) is 1.00. The summed E-state index contributed by atoms with van der Waals surface area (Å²) >= 11 is 0. The summed E-state index contributed by atoms with van der Waals surface area (Å²) in [5.74, 6) is 0.625. The predicted octanol–water partition coefficient (Wildman–Crippen LogP) is 2.05. The predicted molar refractivity (Wildman–Crippen MR) is 54.9 cm³/mol. The maximum absolute atomic E-state index is 5.97. The van der Waals surface area contributed by atoms with Gasteiger partial charge in [0, 0.05) is 5.54 Å². The molecule has 0 radical (unpaired) electrons. The van der Waals surface area contributed by atoms with Gasteiger partial charge >= 0.3 is 0 Å². The molecule has 74 valence electrons. The van der Waals surface area contributed by atoms with Crippen LogP contribution in [0, 0.1) is 5.92 Å². The zero-order valence-corrected chi connectivity index (χ0v) is 9.39. The molecule has 0 saturated heterocycles. The Kier molecular flexibility index (Phi) is 4.21. The Morgan fingerprint density at radius 2 is 1.75 bits per heavy atom. The van der Waals surface area contributed by atoms with Gasteiger partial charge in [-0.25, -0.2) is 0 Å². The maximum atomic E-state index is 5.97. The molecule has 2 nitrogen and oxygen atoms in total. The lowest BCUT2D eigenvalue weighted by Crippen LogP contribution is -2.53. The molecule has 0 bridgehead atoms. The van der Waals surface area contributed by atoms with Crippen LogP contribution in [0.15, 0.2) is 0 Å².